The minimum Gasteiger partial charge on any atom is -0.363 e. The normalized spacial score (nSPS) is 10.3. The topological polar surface area (TPSA) is 67.7 Å². The third kappa shape index (κ3) is 2.85. The van der Waals surface area contributed by atoms with Crippen molar-refractivity contribution in [3.63, 3.8) is 0 Å². The fourth-order valence-corrected chi connectivity index (χ4v) is 1.50. The molecule has 0 aliphatic rings. The third-order valence-electron chi connectivity index (χ3n) is 2.17. The van der Waals surface area contributed by atoms with Crippen LogP contribution in [0.25, 0.3) is 0 Å². The van der Waals surface area contributed by atoms with Gasteiger partial charge in [-0.15, -0.1) is 0 Å². The predicted octanol–water partition coefficient (Wildman–Crippen LogP) is 1.52. The molecule has 0 radical (unpaired) electrons. The Hall–Kier alpha value is -1.82. The average Bonchev–Trinajstić information content (AvgIpc) is 2.74. The molecule has 2 N–H and O–H groups in total. The van der Waals surface area contributed by atoms with E-state index in [4.69, 9.17) is 11.6 Å². The Morgan fingerprint density at radius 1 is 1.47 bits per heavy atom. The van der Waals surface area contributed by atoms with E-state index in [0.29, 0.717) is 23.3 Å². The molecule has 0 atom stereocenters. The van der Waals surface area contributed by atoms with Crippen molar-refractivity contribution in [3.05, 3.63) is 29.2 Å². The Bertz CT molecular complexity index is 509. The van der Waals surface area contributed by atoms with Crippen LogP contribution in [0.2, 0.25) is 5.02 Å². The van der Waals surface area contributed by atoms with E-state index in [9.17, 15) is 0 Å². The van der Waals surface area contributed by atoms with Crippen molar-refractivity contribution in [2.45, 2.75) is 6.54 Å². The van der Waals surface area contributed by atoms with Gasteiger partial charge in [-0.1, -0.05) is 11.6 Å². The molecule has 0 saturated carbocycles. The van der Waals surface area contributed by atoms with Gasteiger partial charge in [0.05, 0.1) is 18.4 Å². The number of nitrogens with zero attached hydrogens (tertiary/aromatic N) is 4. The molecule has 0 unspecified atom stereocenters. The van der Waals surface area contributed by atoms with Crippen LogP contribution in [-0.2, 0) is 13.6 Å². The summed E-state index contributed by atoms with van der Waals surface area (Å²) in [6.45, 7) is 0.570. The van der Waals surface area contributed by atoms with Crippen molar-refractivity contribution < 1.29 is 0 Å². The quantitative estimate of drug-likeness (QED) is 0.864. The van der Waals surface area contributed by atoms with Crippen molar-refractivity contribution >= 4 is 23.4 Å². The van der Waals surface area contributed by atoms with Gasteiger partial charge in [0.1, 0.15) is 5.02 Å². The molecule has 0 fully saturated rings. The van der Waals surface area contributed by atoms with Crippen molar-refractivity contribution in [1.29, 1.82) is 0 Å². The van der Waals surface area contributed by atoms with Gasteiger partial charge < -0.3 is 10.6 Å². The maximum atomic E-state index is 5.98. The Morgan fingerprint density at radius 3 is 2.94 bits per heavy atom. The highest BCUT2D eigenvalue weighted by atomic mass is 35.5. The molecule has 2 heterocycles. The molecule has 2 aromatic rings. The minimum absolute atomic E-state index is 0.486. The molecular weight excluding hydrogens is 240 g/mol. The summed E-state index contributed by atoms with van der Waals surface area (Å²) in [7, 11) is 3.63. The Kier molecular flexibility index (Phi) is 3.43. The summed E-state index contributed by atoms with van der Waals surface area (Å²) in [4.78, 5) is 8.22. The van der Waals surface area contributed by atoms with Crippen molar-refractivity contribution in [3.8, 4) is 0 Å². The molecule has 0 aliphatic heterocycles. The first-order valence-electron chi connectivity index (χ1n) is 5.11. The molecule has 0 bridgehead atoms. The van der Waals surface area contributed by atoms with Crippen LogP contribution < -0.4 is 10.6 Å². The monoisotopic (exact) mass is 252 g/mol. The summed E-state index contributed by atoms with van der Waals surface area (Å²) < 4.78 is 1.75. The summed E-state index contributed by atoms with van der Waals surface area (Å²) in [6, 6.07) is 1.93. The number of aryl methyl sites for hydroxylation is 1. The molecule has 0 amide bonds. The predicted molar refractivity (Wildman–Crippen MR) is 67.1 cm³/mol. The first-order valence-corrected chi connectivity index (χ1v) is 5.49. The van der Waals surface area contributed by atoms with Gasteiger partial charge in [0.25, 0.3) is 0 Å². The summed E-state index contributed by atoms with van der Waals surface area (Å²) in [5, 5.41) is 10.7. The minimum atomic E-state index is 0.486. The third-order valence-corrected chi connectivity index (χ3v) is 2.45. The highest BCUT2D eigenvalue weighted by Crippen LogP contribution is 2.19. The molecule has 90 valence electrons. The maximum Gasteiger partial charge on any atom is 0.224 e. The van der Waals surface area contributed by atoms with Crippen LogP contribution in [0.1, 0.15) is 5.69 Å². The van der Waals surface area contributed by atoms with E-state index in [1.165, 1.54) is 0 Å². The first kappa shape index (κ1) is 11.7. The maximum absolute atomic E-state index is 5.98. The van der Waals surface area contributed by atoms with E-state index < -0.39 is 0 Å². The van der Waals surface area contributed by atoms with E-state index in [-0.39, 0.29) is 0 Å². The van der Waals surface area contributed by atoms with E-state index in [1.54, 1.807) is 17.9 Å². The molecule has 7 heteroatoms. The number of nitrogens with one attached hydrogen (secondary N) is 2. The largest absolute Gasteiger partial charge is 0.363 e. The molecule has 0 aromatic carbocycles. The Balaban J connectivity index is 2.07. The fraction of sp³-hybridized carbons (Fsp3) is 0.300. The van der Waals surface area contributed by atoms with Gasteiger partial charge >= 0.3 is 0 Å². The smallest absolute Gasteiger partial charge is 0.224 e. The van der Waals surface area contributed by atoms with Gasteiger partial charge in [0.2, 0.25) is 5.95 Å². The molecule has 17 heavy (non-hydrogen) atoms. The second-order valence-electron chi connectivity index (χ2n) is 3.47. The van der Waals surface area contributed by atoms with E-state index >= 15 is 0 Å². The number of hydrogen-bond donors (Lipinski definition) is 2. The van der Waals surface area contributed by atoms with Gasteiger partial charge in [0.15, 0.2) is 5.82 Å². The van der Waals surface area contributed by atoms with Crippen LogP contribution in [0, 0.1) is 0 Å². The number of anilines is 2. The van der Waals surface area contributed by atoms with Crippen LogP contribution in [0.15, 0.2) is 18.5 Å². The van der Waals surface area contributed by atoms with Crippen molar-refractivity contribution in [2.24, 2.45) is 7.05 Å². The van der Waals surface area contributed by atoms with E-state index in [0.717, 1.165) is 5.69 Å². The lowest BCUT2D eigenvalue weighted by Crippen LogP contribution is -2.05. The second-order valence-corrected chi connectivity index (χ2v) is 3.88. The zero-order valence-electron chi connectivity index (χ0n) is 9.61. The van der Waals surface area contributed by atoms with E-state index in [1.807, 2.05) is 19.3 Å². The number of hydrogen-bond acceptors (Lipinski definition) is 5. The molecular formula is C10H13ClN6. The van der Waals surface area contributed by atoms with Crippen molar-refractivity contribution in [1.82, 2.24) is 19.7 Å². The Morgan fingerprint density at radius 2 is 2.29 bits per heavy atom. The van der Waals surface area contributed by atoms with Crippen molar-refractivity contribution in [2.75, 3.05) is 17.7 Å². The lowest BCUT2D eigenvalue weighted by Gasteiger charge is -2.07. The fourth-order valence-electron chi connectivity index (χ4n) is 1.34. The Labute approximate surface area is 104 Å². The lowest BCUT2D eigenvalue weighted by molar-refractivity contribution is 0.747. The van der Waals surface area contributed by atoms with Crippen LogP contribution >= 0.6 is 11.6 Å². The number of rotatable bonds is 4. The first-order chi connectivity index (χ1) is 8.19. The SMILES string of the molecule is CNc1ncc(Cl)c(NCc2ccn(C)n2)n1. The highest BCUT2D eigenvalue weighted by molar-refractivity contribution is 6.32. The zero-order chi connectivity index (χ0) is 12.3. The summed E-state index contributed by atoms with van der Waals surface area (Å²) in [6.07, 6.45) is 3.44. The summed E-state index contributed by atoms with van der Waals surface area (Å²) >= 11 is 5.98. The summed E-state index contributed by atoms with van der Waals surface area (Å²) in [5.74, 6) is 1.12. The van der Waals surface area contributed by atoms with Crippen LogP contribution in [-0.4, -0.2) is 26.8 Å². The number of halogens is 1. The number of aromatic nitrogens is 4. The van der Waals surface area contributed by atoms with Crippen LogP contribution in [0.4, 0.5) is 11.8 Å². The van der Waals surface area contributed by atoms with Crippen LogP contribution in [0.5, 0.6) is 0 Å². The van der Waals surface area contributed by atoms with Crippen LogP contribution in [0.3, 0.4) is 0 Å². The molecule has 0 aliphatic carbocycles. The molecule has 6 nitrogen and oxygen atoms in total. The summed E-state index contributed by atoms with van der Waals surface area (Å²) in [5.41, 5.74) is 0.924. The van der Waals surface area contributed by atoms with E-state index in [2.05, 4.69) is 25.7 Å². The van der Waals surface area contributed by atoms with Gasteiger partial charge in [-0.25, -0.2) is 4.98 Å². The van der Waals surface area contributed by atoms with Gasteiger partial charge in [-0.05, 0) is 6.07 Å². The molecule has 0 saturated heterocycles. The lowest BCUT2D eigenvalue weighted by atomic mass is 10.4. The molecule has 2 aromatic heterocycles. The average molecular weight is 253 g/mol. The highest BCUT2D eigenvalue weighted by Gasteiger charge is 2.05. The molecule has 2 rings (SSSR count). The second kappa shape index (κ2) is 5.01. The standard InChI is InChI=1S/C10H13ClN6/c1-12-10-14-6-8(11)9(15-10)13-5-7-3-4-17(2)16-7/h3-4,6H,5H2,1-2H3,(H2,12,13,14,15). The van der Waals surface area contributed by atoms with Gasteiger partial charge in [-0.2, -0.15) is 10.1 Å². The van der Waals surface area contributed by atoms with Gasteiger partial charge in [-0.3, -0.25) is 4.68 Å². The zero-order valence-corrected chi connectivity index (χ0v) is 10.4. The van der Waals surface area contributed by atoms with Gasteiger partial charge in [0, 0.05) is 20.3 Å². The molecule has 0 spiro atoms.